The smallest absolute Gasteiger partial charge is 0.327 e. The number of carboxylic acid groups (broad SMARTS) is 1. The van der Waals surface area contributed by atoms with E-state index in [-0.39, 0.29) is 11.7 Å². The van der Waals surface area contributed by atoms with Gasteiger partial charge in [-0.25, -0.2) is 4.79 Å². The zero-order valence-electron chi connectivity index (χ0n) is 10.5. The number of rotatable bonds is 6. The van der Waals surface area contributed by atoms with Gasteiger partial charge in [0.2, 0.25) is 5.91 Å². The second-order valence-corrected chi connectivity index (χ2v) is 5.80. The first-order valence-corrected chi connectivity index (χ1v) is 7.08. The van der Waals surface area contributed by atoms with Crippen LogP contribution in [0.1, 0.15) is 12.5 Å². The number of carbonyl (C=O) groups excluding carboxylic acids is 1. The van der Waals surface area contributed by atoms with Crippen LogP contribution in [0.4, 0.5) is 0 Å². The summed E-state index contributed by atoms with van der Waals surface area (Å²) < 4.78 is 0.711. The Morgan fingerprint density at radius 2 is 2.00 bits per heavy atom. The highest BCUT2D eigenvalue weighted by atomic mass is 32.2. The third-order valence-corrected chi connectivity index (χ3v) is 3.74. The molecule has 0 bridgehead atoms. The van der Waals surface area contributed by atoms with Gasteiger partial charge < -0.3 is 10.4 Å². The Balaban J connectivity index is 2.44. The van der Waals surface area contributed by atoms with Gasteiger partial charge in [-0.1, -0.05) is 42.5 Å². The highest BCUT2D eigenvalue weighted by Gasteiger charge is 2.18. The van der Waals surface area contributed by atoms with Crippen LogP contribution in [0.2, 0.25) is 0 Å². The van der Waals surface area contributed by atoms with Gasteiger partial charge in [-0.05, 0) is 5.56 Å². The van der Waals surface area contributed by atoms with Crippen LogP contribution >= 0.6 is 24.0 Å². The third-order valence-electron chi connectivity index (χ3n) is 2.28. The lowest BCUT2D eigenvalue weighted by molar-refractivity contribution is -0.140. The highest BCUT2D eigenvalue weighted by Crippen LogP contribution is 2.12. The number of hydrogen-bond acceptors (Lipinski definition) is 4. The van der Waals surface area contributed by atoms with Crippen LogP contribution in [-0.2, 0) is 16.0 Å². The van der Waals surface area contributed by atoms with Crippen molar-refractivity contribution in [3.05, 3.63) is 35.9 Å². The fourth-order valence-corrected chi connectivity index (χ4v) is 2.63. The first-order valence-electron chi connectivity index (χ1n) is 5.68. The minimum Gasteiger partial charge on any atom is -0.480 e. The molecule has 1 rings (SSSR count). The quantitative estimate of drug-likeness (QED) is 0.785. The molecule has 19 heavy (non-hydrogen) atoms. The van der Waals surface area contributed by atoms with Crippen LogP contribution in [0.3, 0.4) is 0 Å². The topological polar surface area (TPSA) is 66.4 Å². The van der Waals surface area contributed by atoms with Gasteiger partial charge in [0, 0.05) is 19.1 Å². The van der Waals surface area contributed by atoms with E-state index in [9.17, 15) is 9.59 Å². The van der Waals surface area contributed by atoms with Crippen molar-refractivity contribution in [2.75, 3.05) is 5.75 Å². The molecule has 1 amide bonds. The summed E-state index contributed by atoms with van der Waals surface area (Å²) in [7, 11) is 0. The molecule has 1 atom stereocenters. The lowest BCUT2D eigenvalue weighted by Crippen LogP contribution is -2.41. The number of thiocarbonyl (C=S) groups is 1. The number of nitrogens with one attached hydrogen (secondary N) is 1. The average molecular weight is 297 g/mol. The van der Waals surface area contributed by atoms with E-state index in [0.29, 0.717) is 10.6 Å². The maximum absolute atomic E-state index is 10.9. The summed E-state index contributed by atoms with van der Waals surface area (Å²) in [6.07, 6.45) is 0.618. The van der Waals surface area contributed by atoms with Crippen molar-refractivity contribution in [1.29, 1.82) is 0 Å². The molecule has 1 unspecified atom stereocenters. The molecule has 2 N–H and O–H groups in total. The summed E-state index contributed by atoms with van der Waals surface area (Å²) in [5.74, 6) is -1.17. The van der Waals surface area contributed by atoms with E-state index in [1.165, 1.54) is 18.7 Å². The van der Waals surface area contributed by atoms with Crippen molar-refractivity contribution in [2.24, 2.45) is 0 Å². The van der Waals surface area contributed by atoms with E-state index in [4.69, 9.17) is 17.3 Å². The summed E-state index contributed by atoms with van der Waals surface area (Å²) in [6, 6.07) is 8.82. The maximum Gasteiger partial charge on any atom is 0.327 e. The Bertz CT molecular complexity index is 462. The molecule has 0 radical (unpaired) electrons. The average Bonchev–Trinajstić information content (AvgIpc) is 2.35. The SMILES string of the molecule is CC(=O)NC(CSC(=S)Cc1ccccc1)C(=O)O. The zero-order valence-corrected chi connectivity index (χ0v) is 12.1. The molecule has 4 nitrogen and oxygen atoms in total. The second-order valence-electron chi connectivity index (χ2n) is 3.94. The molecule has 0 heterocycles. The van der Waals surface area contributed by atoms with Crippen molar-refractivity contribution in [3.63, 3.8) is 0 Å². The Morgan fingerprint density at radius 3 is 2.53 bits per heavy atom. The number of carbonyl (C=O) groups is 2. The van der Waals surface area contributed by atoms with Gasteiger partial charge >= 0.3 is 5.97 Å². The third kappa shape index (κ3) is 6.35. The number of benzene rings is 1. The Morgan fingerprint density at radius 1 is 1.37 bits per heavy atom. The van der Waals surface area contributed by atoms with E-state index in [1.54, 1.807) is 0 Å². The van der Waals surface area contributed by atoms with E-state index < -0.39 is 12.0 Å². The van der Waals surface area contributed by atoms with Crippen LogP contribution in [0, 0.1) is 0 Å². The zero-order chi connectivity index (χ0) is 14.3. The molecule has 0 aliphatic rings. The van der Waals surface area contributed by atoms with E-state index in [0.717, 1.165) is 5.56 Å². The van der Waals surface area contributed by atoms with E-state index in [2.05, 4.69) is 5.32 Å². The predicted octanol–water partition coefficient (Wildman–Crippen LogP) is 1.88. The van der Waals surface area contributed by atoms with Crippen molar-refractivity contribution >= 4 is 40.1 Å². The lowest BCUT2D eigenvalue weighted by Gasteiger charge is -2.13. The highest BCUT2D eigenvalue weighted by molar-refractivity contribution is 8.23. The Kier molecular flexibility index (Phi) is 6.52. The van der Waals surface area contributed by atoms with Crippen molar-refractivity contribution in [3.8, 4) is 0 Å². The molecular formula is C13H15NO3S2. The van der Waals surface area contributed by atoms with Gasteiger partial charge in [0.05, 0.1) is 4.20 Å². The molecular weight excluding hydrogens is 282 g/mol. The fourth-order valence-electron chi connectivity index (χ4n) is 1.41. The maximum atomic E-state index is 10.9. The van der Waals surface area contributed by atoms with Gasteiger partial charge in [-0.3, -0.25) is 4.79 Å². The molecule has 0 fully saturated rings. The predicted molar refractivity (Wildman–Crippen MR) is 80.4 cm³/mol. The Labute approximate surface area is 121 Å². The summed E-state index contributed by atoms with van der Waals surface area (Å²) in [5, 5.41) is 11.3. The van der Waals surface area contributed by atoms with Crippen LogP contribution in [0.15, 0.2) is 30.3 Å². The molecule has 0 spiro atoms. The summed E-state index contributed by atoms with van der Waals surface area (Å²) >= 11 is 6.50. The molecule has 102 valence electrons. The van der Waals surface area contributed by atoms with Crippen LogP contribution in [0.5, 0.6) is 0 Å². The molecule has 1 aromatic carbocycles. The first kappa shape index (κ1) is 15.7. The van der Waals surface area contributed by atoms with Gasteiger partial charge in [0.1, 0.15) is 6.04 Å². The normalized spacial score (nSPS) is 11.6. The van der Waals surface area contributed by atoms with Crippen LogP contribution < -0.4 is 5.32 Å². The van der Waals surface area contributed by atoms with Crippen LogP contribution in [0.25, 0.3) is 0 Å². The van der Waals surface area contributed by atoms with Gasteiger partial charge in [-0.2, -0.15) is 0 Å². The van der Waals surface area contributed by atoms with Crippen molar-refractivity contribution < 1.29 is 14.7 Å². The van der Waals surface area contributed by atoms with E-state index in [1.807, 2.05) is 30.3 Å². The summed E-state index contributed by atoms with van der Waals surface area (Å²) in [6.45, 7) is 1.29. The molecule has 0 aromatic heterocycles. The summed E-state index contributed by atoms with van der Waals surface area (Å²) in [5.41, 5.74) is 1.09. The lowest BCUT2D eigenvalue weighted by atomic mass is 10.2. The second kappa shape index (κ2) is 7.91. The molecule has 6 heteroatoms. The Hall–Kier alpha value is -1.40. The monoisotopic (exact) mass is 297 g/mol. The number of amides is 1. The molecule has 1 aromatic rings. The minimum atomic E-state index is -1.05. The van der Waals surface area contributed by atoms with Gasteiger partial charge in [-0.15, -0.1) is 11.8 Å². The number of hydrogen-bond donors (Lipinski definition) is 2. The van der Waals surface area contributed by atoms with Crippen LogP contribution in [-0.4, -0.2) is 33.0 Å². The molecule has 0 saturated heterocycles. The van der Waals surface area contributed by atoms with Crippen molar-refractivity contribution in [2.45, 2.75) is 19.4 Å². The molecule has 0 aliphatic carbocycles. The van der Waals surface area contributed by atoms with Crippen molar-refractivity contribution in [1.82, 2.24) is 5.32 Å². The molecule has 0 saturated carbocycles. The van der Waals surface area contributed by atoms with Gasteiger partial charge in [0.25, 0.3) is 0 Å². The molecule has 0 aliphatic heterocycles. The number of thioether (sulfide) groups is 1. The number of carboxylic acids is 1. The number of aliphatic carboxylic acids is 1. The minimum absolute atomic E-state index is 0.237. The largest absolute Gasteiger partial charge is 0.480 e. The standard InChI is InChI=1S/C13H15NO3S2/c1-9(15)14-11(13(16)17)8-19-12(18)7-10-5-3-2-4-6-10/h2-6,11H,7-8H2,1H3,(H,14,15)(H,16,17). The van der Waals surface area contributed by atoms with E-state index >= 15 is 0 Å². The summed E-state index contributed by atoms with van der Waals surface area (Å²) in [4.78, 5) is 21.8. The first-order chi connectivity index (χ1) is 8.99. The fraction of sp³-hybridized carbons (Fsp3) is 0.308. The van der Waals surface area contributed by atoms with Gasteiger partial charge in [0.15, 0.2) is 0 Å².